The first-order valence-corrected chi connectivity index (χ1v) is 14.2. The number of fused-ring (bicyclic) bond motifs is 1. The minimum Gasteiger partial charge on any atom is -0.457 e. The second kappa shape index (κ2) is 12.3. The zero-order valence-electron chi connectivity index (χ0n) is 23.5. The van der Waals surface area contributed by atoms with Gasteiger partial charge in [-0.15, -0.1) is 16.4 Å². The number of nitrogens with one attached hydrogen (secondary N) is 2. The first-order valence-electron chi connectivity index (χ1n) is 13.3. The van der Waals surface area contributed by atoms with Gasteiger partial charge in [0.15, 0.2) is 5.69 Å². The van der Waals surface area contributed by atoms with E-state index in [1.807, 2.05) is 0 Å². The molecule has 0 bridgehead atoms. The maximum absolute atomic E-state index is 14.0. The monoisotopic (exact) mass is 648 g/mol. The fraction of sp³-hybridized carbons (Fsp3) is 0.0645. The summed E-state index contributed by atoms with van der Waals surface area (Å²) in [7, 11) is 0. The summed E-state index contributed by atoms with van der Waals surface area (Å²) in [6.07, 6.45) is -4.81. The Balaban J connectivity index is 1.32. The Kier molecular flexibility index (Phi) is 8.06. The van der Waals surface area contributed by atoms with Crippen molar-refractivity contribution in [1.29, 1.82) is 0 Å². The van der Waals surface area contributed by atoms with E-state index < -0.39 is 35.2 Å². The van der Waals surface area contributed by atoms with Crippen molar-refractivity contribution in [2.45, 2.75) is 13.1 Å². The molecule has 0 saturated heterocycles. The fourth-order valence-corrected chi connectivity index (χ4v) is 4.94. The number of anilines is 2. The third-order valence-corrected chi connectivity index (χ3v) is 7.07. The first-order chi connectivity index (χ1) is 22.0. The molecule has 0 atom stereocenters. The van der Waals surface area contributed by atoms with Crippen LogP contribution in [-0.4, -0.2) is 31.4 Å². The number of aromatic nitrogens is 4. The average Bonchev–Trinajstić information content (AvgIpc) is 3.69. The highest BCUT2D eigenvalue weighted by molar-refractivity contribution is 7.13. The Labute approximate surface area is 261 Å². The van der Waals surface area contributed by atoms with Gasteiger partial charge in [0, 0.05) is 36.5 Å². The summed E-state index contributed by atoms with van der Waals surface area (Å²) in [5.41, 5.74) is -0.447. The van der Waals surface area contributed by atoms with Gasteiger partial charge in [-0.3, -0.25) is 9.59 Å². The molecule has 0 aliphatic carbocycles. The lowest BCUT2D eigenvalue weighted by molar-refractivity contribution is -0.142. The van der Waals surface area contributed by atoms with Crippen LogP contribution in [0.15, 0.2) is 90.3 Å². The standard InChI is InChI=1S/C31H20F4N6O4S/c1-17(42)36-19-6-10-22(11-7-19)45-24-14-20(13-23(15-24)44-21-8-4-18(32)5-9-21)37-29(43)28-39-30-38-25(26-3-2-12-46-26)16-27(31(33,34)35)41(30)40-28/h2-16H,1H3,(H,36,42)(H,37,43). The zero-order valence-corrected chi connectivity index (χ0v) is 24.3. The molecular formula is C31H20F4N6O4S. The van der Waals surface area contributed by atoms with Gasteiger partial charge in [-0.05, 0) is 66.0 Å². The van der Waals surface area contributed by atoms with E-state index in [9.17, 15) is 27.2 Å². The highest BCUT2D eigenvalue weighted by Crippen LogP contribution is 2.35. The molecule has 2 N–H and O–H groups in total. The van der Waals surface area contributed by atoms with E-state index >= 15 is 0 Å². The van der Waals surface area contributed by atoms with Crippen molar-refractivity contribution >= 4 is 40.3 Å². The van der Waals surface area contributed by atoms with E-state index in [0.717, 1.165) is 6.07 Å². The highest BCUT2D eigenvalue weighted by atomic mass is 32.1. The Morgan fingerprint density at radius 1 is 0.804 bits per heavy atom. The molecule has 3 aromatic heterocycles. The normalized spacial score (nSPS) is 11.3. The first kappa shape index (κ1) is 30.2. The SMILES string of the molecule is CC(=O)Nc1ccc(Oc2cc(NC(=O)c3nc4nc(-c5cccs5)cc(C(F)(F)F)n4n3)cc(Oc3ccc(F)cc3)c2)cc1. The van der Waals surface area contributed by atoms with Crippen LogP contribution in [0.5, 0.6) is 23.0 Å². The van der Waals surface area contributed by atoms with Gasteiger partial charge >= 0.3 is 6.18 Å². The molecule has 0 radical (unpaired) electrons. The number of thiophene rings is 1. The molecular weight excluding hydrogens is 628 g/mol. The van der Waals surface area contributed by atoms with Crippen LogP contribution in [0.25, 0.3) is 16.3 Å². The summed E-state index contributed by atoms with van der Waals surface area (Å²) < 4.78 is 67.6. The molecule has 0 saturated carbocycles. The molecule has 0 unspecified atom stereocenters. The lowest BCUT2D eigenvalue weighted by Gasteiger charge is -2.13. The number of rotatable bonds is 8. The third-order valence-electron chi connectivity index (χ3n) is 6.18. The molecule has 0 fully saturated rings. The fourth-order valence-electron chi connectivity index (χ4n) is 4.25. The van der Waals surface area contributed by atoms with Crippen LogP contribution in [0.3, 0.4) is 0 Å². The van der Waals surface area contributed by atoms with Crippen LogP contribution in [0, 0.1) is 5.82 Å². The molecule has 2 amide bonds. The third kappa shape index (κ3) is 6.94. The van der Waals surface area contributed by atoms with Crippen LogP contribution >= 0.6 is 11.3 Å². The number of carbonyl (C=O) groups is 2. The van der Waals surface area contributed by atoms with Crippen LogP contribution < -0.4 is 20.1 Å². The van der Waals surface area contributed by atoms with Crippen LogP contribution in [0.4, 0.5) is 28.9 Å². The summed E-state index contributed by atoms with van der Waals surface area (Å²) in [4.78, 5) is 33.2. The predicted molar refractivity (Wildman–Crippen MR) is 161 cm³/mol. The largest absolute Gasteiger partial charge is 0.457 e. The van der Waals surface area contributed by atoms with E-state index in [-0.39, 0.29) is 34.5 Å². The van der Waals surface area contributed by atoms with Crippen LogP contribution in [0.1, 0.15) is 23.2 Å². The van der Waals surface area contributed by atoms with Gasteiger partial charge in [0.2, 0.25) is 11.7 Å². The molecule has 3 heterocycles. The Hall–Kier alpha value is -5.83. The Morgan fingerprint density at radius 3 is 2.04 bits per heavy atom. The zero-order chi connectivity index (χ0) is 32.4. The predicted octanol–water partition coefficient (Wildman–Crippen LogP) is 7.81. The lowest BCUT2D eigenvalue weighted by Crippen LogP contribution is -2.16. The molecule has 0 spiro atoms. The van der Waals surface area contributed by atoms with Gasteiger partial charge in [-0.1, -0.05) is 6.07 Å². The summed E-state index contributed by atoms with van der Waals surface area (Å²) >= 11 is 1.20. The molecule has 15 heteroatoms. The number of alkyl halides is 3. The number of hydrogen-bond donors (Lipinski definition) is 2. The number of hydrogen-bond acceptors (Lipinski definition) is 8. The molecule has 232 valence electrons. The maximum Gasteiger partial charge on any atom is 0.433 e. The van der Waals surface area contributed by atoms with Crippen molar-refractivity contribution < 1.29 is 36.6 Å². The minimum atomic E-state index is -4.81. The second-order valence-electron chi connectivity index (χ2n) is 9.66. The minimum absolute atomic E-state index is 0.0340. The molecule has 3 aromatic carbocycles. The average molecular weight is 649 g/mol. The summed E-state index contributed by atoms with van der Waals surface area (Å²) in [6, 6.07) is 20.2. The van der Waals surface area contributed by atoms with Gasteiger partial charge in [0.05, 0.1) is 10.6 Å². The van der Waals surface area contributed by atoms with E-state index in [0.29, 0.717) is 20.8 Å². The quantitative estimate of drug-likeness (QED) is 0.162. The molecule has 6 rings (SSSR count). The topological polar surface area (TPSA) is 120 Å². The molecule has 0 aliphatic heterocycles. The number of nitrogens with zero attached hydrogens (tertiary/aromatic N) is 4. The van der Waals surface area contributed by atoms with Crippen molar-refractivity contribution in [3.63, 3.8) is 0 Å². The van der Waals surface area contributed by atoms with Gasteiger partial charge < -0.3 is 20.1 Å². The summed E-state index contributed by atoms with van der Waals surface area (Å²) in [5.74, 6) is -1.58. The van der Waals surface area contributed by atoms with Crippen molar-refractivity contribution in [2.24, 2.45) is 0 Å². The Bertz CT molecular complexity index is 2050. The van der Waals surface area contributed by atoms with E-state index in [2.05, 4.69) is 25.7 Å². The van der Waals surface area contributed by atoms with Crippen molar-refractivity contribution in [1.82, 2.24) is 19.6 Å². The van der Waals surface area contributed by atoms with E-state index in [4.69, 9.17) is 9.47 Å². The molecule has 6 aromatic rings. The number of amides is 2. The number of halogens is 4. The smallest absolute Gasteiger partial charge is 0.433 e. The number of ether oxygens (including phenoxy) is 2. The van der Waals surface area contributed by atoms with Gasteiger partial charge in [-0.25, -0.2) is 9.37 Å². The van der Waals surface area contributed by atoms with E-state index in [1.54, 1.807) is 41.8 Å². The van der Waals surface area contributed by atoms with Crippen molar-refractivity contribution in [3.8, 4) is 33.6 Å². The summed E-state index contributed by atoms with van der Waals surface area (Å²) in [6.45, 7) is 1.38. The lowest BCUT2D eigenvalue weighted by atomic mass is 10.2. The van der Waals surface area contributed by atoms with Crippen LogP contribution in [-0.2, 0) is 11.0 Å². The van der Waals surface area contributed by atoms with Gasteiger partial charge in [-0.2, -0.15) is 22.7 Å². The van der Waals surface area contributed by atoms with Gasteiger partial charge in [0.1, 0.15) is 28.8 Å². The molecule has 10 nitrogen and oxygen atoms in total. The maximum atomic E-state index is 14.0. The Morgan fingerprint density at radius 2 is 1.46 bits per heavy atom. The van der Waals surface area contributed by atoms with Crippen molar-refractivity contribution in [3.05, 3.63) is 108 Å². The number of carbonyl (C=O) groups excluding carboxylic acids is 2. The molecule has 46 heavy (non-hydrogen) atoms. The second-order valence-corrected chi connectivity index (χ2v) is 10.6. The van der Waals surface area contributed by atoms with E-state index in [1.165, 1.54) is 60.7 Å². The molecule has 0 aliphatic rings. The number of benzene rings is 3. The van der Waals surface area contributed by atoms with Crippen molar-refractivity contribution in [2.75, 3.05) is 10.6 Å². The highest BCUT2D eigenvalue weighted by Gasteiger charge is 2.36. The van der Waals surface area contributed by atoms with Gasteiger partial charge in [0.25, 0.3) is 11.7 Å². The summed E-state index contributed by atoms with van der Waals surface area (Å²) in [5, 5.41) is 10.7. The van der Waals surface area contributed by atoms with Crippen LogP contribution in [0.2, 0.25) is 0 Å².